The van der Waals surface area contributed by atoms with Gasteiger partial charge < -0.3 is 5.32 Å². The fourth-order valence-corrected chi connectivity index (χ4v) is 5.20. The normalized spacial score (nSPS) is 11.7. The summed E-state index contributed by atoms with van der Waals surface area (Å²) >= 11 is 6.11. The molecule has 0 fully saturated rings. The number of benzene rings is 3. The number of hydrogen-bond donors (Lipinski definition) is 1. The molecule has 5 nitrogen and oxygen atoms in total. The van der Waals surface area contributed by atoms with E-state index in [0.29, 0.717) is 10.6 Å². The van der Waals surface area contributed by atoms with E-state index in [2.05, 4.69) is 19.2 Å². The maximum absolute atomic E-state index is 13.5. The third-order valence-electron chi connectivity index (χ3n) is 5.42. The fraction of sp³-hybridized carbons (Fsp3) is 0.269. The second kappa shape index (κ2) is 10.5. The van der Waals surface area contributed by atoms with Gasteiger partial charge in [-0.25, -0.2) is 8.42 Å². The van der Waals surface area contributed by atoms with E-state index < -0.39 is 15.9 Å². The van der Waals surface area contributed by atoms with Crippen molar-refractivity contribution < 1.29 is 13.2 Å². The number of sulfonamides is 1. The largest absolute Gasteiger partial charge is 0.324 e. The molecular formula is C26H29ClN2O3S. The van der Waals surface area contributed by atoms with Crippen molar-refractivity contribution in [1.29, 1.82) is 0 Å². The van der Waals surface area contributed by atoms with Crippen molar-refractivity contribution in [2.75, 3.05) is 11.9 Å². The predicted octanol–water partition coefficient (Wildman–Crippen LogP) is 5.91. The summed E-state index contributed by atoms with van der Waals surface area (Å²) in [6.07, 6.45) is 0. The number of hydrogen-bond acceptors (Lipinski definition) is 3. The molecule has 0 radical (unpaired) electrons. The minimum absolute atomic E-state index is 0.0228. The average Bonchev–Trinajstić information content (AvgIpc) is 2.75. The molecule has 0 bridgehead atoms. The van der Waals surface area contributed by atoms with E-state index >= 15 is 0 Å². The second-order valence-electron chi connectivity index (χ2n) is 8.46. The van der Waals surface area contributed by atoms with Crippen LogP contribution in [-0.2, 0) is 21.4 Å². The van der Waals surface area contributed by atoms with Crippen molar-refractivity contribution in [2.45, 2.75) is 45.1 Å². The first-order chi connectivity index (χ1) is 15.6. The van der Waals surface area contributed by atoms with Crippen LogP contribution in [0.2, 0.25) is 5.02 Å². The summed E-state index contributed by atoms with van der Waals surface area (Å²) in [6, 6.07) is 19.4. The first-order valence-corrected chi connectivity index (χ1v) is 12.6. The van der Waals surface area contributed by atoms with E-state index in [1.807, 2.05) is 32.0 Å². The molecule has 0 aliphatic carbocycles. The summed E-state index contributed by atoms with van der Waals surface area (Å²) in [6.45, 7) is 7.62. The Hall–Kier alpha value is -2.67. The van der Waals surface area contributed by atoms with Gasteiger partial charge in [0.05, 0.1) is 11.4 Å². The molecule has 33 heavy (non-hydrogen) atoms. The van der Waals surface area contributed by atoms with E-state index in [4.69, 9.17) is 11.6 Å². The van der Waals surface area contributed by atoms with Crippen molar-refractivity contribution in [3.8, 4) is 0 Å². The first-order valence-electron chi connectivity index (χ1n) is 10.8. The van der Waals surface area contributed by atoms with E-state index in [1.54, 1.807) is 48.5 Å². The summed E-state index contributed by atoms with van der Waals surface area (Å²) in [4.78, 5) is 13.2. The van der Waals surface area contributed by atoms with Crippen LogP contribution >= 0.6 is 11.6 Å². The van der Waals surface area contributed by atoms with Crippen molar-refractivity contribution in [2.24, 2.45) is 0 Å². The quantitative estimate of drug-likeness (QED) is 0.432. The first kappa shape index (κ1) is 25.0. The third kappa shape index (κ3) is 6.22. The Kier molecular flexibility index (Phi) is 7.95. The Morgan fingerprint density at radius 1 is 1.00 bits per heavy atom. The Morgan fingerprint density at radius 3 is 2.30 bits per heavy atom. The SMILES string of the molecule is Cc1ccc(S(=O)(=O)N(CC(=O)Nc2c(C)cccc2C(C)C)Cc2cccc(Cl)c2)cc1. The van der Waals surface area contributed by atoms with Crippen molar-refractivity contribution in [1.82, 2.24) is 4.31 Å². The van der Waals surface area contributed by atoms with Crippen LogP contribution in [-0.4, -0.2) is 25.2 Å². The van der Waals surface area contributed by atoms with Crippen LogP contribution in [0.15, 0.2) is 71.6 Å². The molecule has 0 saturated carbocycles. The van der Waals surface area contributed by atoms with Gasteiger partial charge >= 0.3 is 0 Å². The third-order valence-corrected chi connectivity index (χ3v) is 7.46. The number of amides is 1. The summed E-state index contributed by atoms with van der Waals surface area (Å²) < 4.78 is 28.1. The van der Waals surface area contributed by atoms with Crippen molar-refractivity contribution in [3.63, 3.8) is 0 Å². The second-order valence-corrected chi connectivity index (χ2v) is 10.8. The Balaban J connectivity index is 1.93. The zero-order valence-electron chi connectivity index (χ0n) is 19.3. The fourth-order valence-electron chi connectivity index (χ4n) is 3.61. The molecule has 0 aliphatic rings. The predicted molar refractivity (Wildman–Crippen MR) is 134 cm³/mol. The lowest BCUT2D eigenvalue weighted by Crippen LogP contribution is -2.37. The van der Waals surface area contributed by atoms with Gasteiger partial charge in [0, 0.05) is 17.3 Å². The summed E-state index contributed by atoms with van der Waals surface area (Å²) in [7, 11) is -3.92. The Morgan fingerprint density at radius 2 is 1.67 bits per heavy atom. The lowest BCUT2D eigenvalue weighted by atomic mass is 9.98. The van der Waals surface area contributed by atoms with E-state index in [-0.39, 0.29) is 23.9 Å². The topological polar surface area (TPSA) is 66.5 Å². The molecular weight excluding hydrogens is 456 g/mol. The van der Waals surface area contributed by atoms with Crippen LogP contribution in [0.1, 0.15) is 42.0 Å². The van der Waals surface area contributed by atoms with Gasteiger partial charge in [-0.05, 0) is 60.7 Å². The van der Waals surface area contributed by atoms with Crippen LogP contribution < -0.4 is 5.32 Å². The van der Waals surface area contributed by atoms with Gasteiger partial charge in [0.15, 0.2) is 0 Å². The van der Waals surface area contributed by atoms with Crippen molar-refractivity contribution in [3.05, 3.63) is 94.0 Å². The number of para-hydroxylation sites is 1. The van der Waals surface area contributed by atoms with Gasteiger partial charge in [-0.3, -0.25) is 4.79 Å². The maximum atomic E-state index is 13.5. The van der Waals surface area contributed by atoms with Gasteiger partial charge in [0.1, 0.15) is 0 Å². The number of halogens is 1. The van der Waals surface area contributed by atoms with E-state index in [0.717, 1.165) is 22.4 Å². The zero-order chi connectivity index (χ0) is 24.2. The van der Waals surface area contributed by atoms with Crippen LogP contribution in [0.5, 0.6) is 0 Å². The molecule has 0 heterocycles. The number of nitrogens with one attached hydrogen (secondary N) is 1. The highest BCUT2D eigenvalue weighted by Gasteiger charge is 2.27. The Labute approximate surface area is 201 Å². The molecule has 0 aromatic heterocycles. The molecule has 7 heteroatoms. The van der Waals surface area contributed by atoms with E-state index in [9.17, 15) is 13.2 Å². The van der Waals surface area contributed by atoms with Gasteiger partial charge in [0.25, 0.3) is 0 Å². The molecule has 3 rings (SSSR count). The number of anilines is 1. The van der Waals surface area contributed by atoms with Gasteiger partial charge in [-0.15, -0.1) is 0 Å². The number of aryl methyl sites for hydroxylation is 2. The highest BCUT2D eigenvalue weighted by atomic mass is 35.5. The van der Waals surface area contributed by atoms with E-state index in [1.165, 1.54) is 4.31 Å². The molecule has 1 N–H and O–H groups in total. The molecule has 3 aromatic rings. The number of carbonyl (C=O) groups is 1. The monoisotopic (exact) mass is 484 g/mol. The smallest absolute Gasteiger partial charge is 0.243 e. The lowest BCUT2D eigenvalue weighted by Gasteiger charge is -2.23. The van der Waals surface area contributed by atoms with Crippen molar-refractivity contribution >= 4 is 33.2 Å². The van der Waals surface area contributed by atoms with Gasteiger partial charge in [-0.1, -0.05) is 73.5 Å². The molecule has 3 aromatic carbocycles. The number of nitrogens with zero attached hydrogens (tertiary/aromatic N) is 1. The zero-order valence-corrected chi connectivity index (χ0v) is 20.9. The average molecular weight is 485 g/mol. The van der Waals surface area contributed by atoms with Gasteiger partial charge in [0.2, 0.25) is 15.9 Å². The molecule has 0 atom stereocenters. The molecule has 0 aliphatic heterocycles. The standard InChI is InChI=1S/C26H29ClN2O3S/c1-18(2)24-10-5-7-20(4)26(24)28-25(30)17-29(16-21-8-6-9-22(27)15-21)33(31,32)23-13-11-19(3)12-14-23/h5-15,18H,16-17H2,1-4H3,(H,28,30). The highest BCUT2D eigenvalue weighted by molar-refractivity contribution is 7.89. The number of carbonyl (C=O) groups excluding carboxylic acids is 1. The van der Waals surface area contributed by atoms with Crippen LogP contribution in [0.25, 0.3) is 0 Å². The molecule has 0 unspecified atom stereocenters. The van der Waals surface area contributed by atoms with Crippen LogP contribution in [0.4, 0.5) is 5.69 Å². The summed E-state index contributed by atoms with van der Waals surface area (Å²) in [5, 5.41) is 3.46. The highest BCUT2D eigenvalue weighted by Crippen LogP contribution is 2.28. The maximum Gasteiger partial charge on any atom is 0.243 e. The molecule has 0 saturated heterocycles. The molecule has 1 amide bonds. The summed E-state index contributed by atoms with van der Waals surface area (Å²) in [5.41, 5.74) is 4.31. The number of rotatable bonds is 8. The molecule has 174 valence electrons. The lowest BCUT2D eigenvalue weighted by molar-refractivity contribution is -0.116. The summed E-state index contributed by atoms with van der Waals surface area (Å²) in [5.74, 6) is -0.192. The minimum atomic E-state index is -3.92. The van der Waals surface area contributed by atoms with Crippen LogP contribution in [0.3, 0.4) is 0 Å². The Bertz CT molecular complexity index is 1240. The van der Waals surface area contributed by atoms with Crippen LogP contribution in [0, 0.1) is 13.8 Å². The van der Waals surface area contributed by atoms with Gasteiger partial charge in [-0.2, -0.15) is 4.31 Å². The molecule has 0 spiro atoms. The minimum Gasteiger partial charge on any atom is -0.324 e.